The van der Waals surface area contributed by atoms with Crippen molar-refractivity contribution >= 4 is 32.1 Å². The summed E-state index contributed by atoms with van der Waals surface area (Å²) in [4.78, 5) is 6.45. The lowest BCUT2D eigenvalue weighted by molar-refractivity contribution is -0.140. The summed E-state index contributed by atoms with van der Waals surface area (Å²) in [5, 5.41) is 16.5. The van der Waals surface area contributed by atoms with E-state index < -0.39 is 28.0 Å². The van der Waals surface area contributed by atoms with Gasteiger partial charge in [-0.3, -0.25) is 4.98 Å². The number of pyridine rings is 1. The minimum atomic E-state index is -4.42. The summed E-state index contributed by atoms with van der Waals surface area (Å²) in [7, 11) is -3.02. The summed E-state index contributed by atoms with van der Waals surface area (Å²) >= 11 is 0. The van der Waals surface area contributed by atoms with Gasteiger partial charge in [-0.1, -0.05) is 12.0 Å². The second-order valence-electron chi connectivity index (χ2n) is 11.2. The first-order valence-corrected chi connectivity index (χ1v) is 15.8. The third-order valence-corrected chi connectivity index (χ3v) is 8.21. The van der Waals surface area contributed by atoms with Crippen LogP contribution in [0.15, 0.2) is 42.6 Å². The minimum absolute atomic E-state index is 0.119. The van der Waals surface area contributed by atoms with E-state index in [0.717, 1.165) is 31.6 Å². The molecular weight excluding hydrogens is 565 g/mol. The fourth-order valence-electron chi connectivity index (χ4n) is 4.89. The summed E-state index contributed by atoms with van der Waals surface area (Å²) in [6.45, 7) is 4.59. The van der Waals surface area contributed by atoms with Crippen molar-refractivity contribution in [2.24, 2.45) is 0 Å². The zero-order valence-electron chi connectivity index (χ0n) is 23.9. The fourth-order valence-corrected chi connectivity index (χ4v) is 5.48. The number of hydrogen-bond donors (Lipinski definition) is 2. The van der Waals surface area contributed by atoms with E-state index in [1.165, 1.54) is 10.8 Å². The normalized spacial score (nSPS) is 15.2. The van der Waals surface area contributed by atoms with Gasteiger partial charge in [0.15, 0.2) is 0 Å². The smallest absolute Gasteiger partial charge is 0.382 e. The van der Waals surface area contributed by atoms with Crippen LogP contribution in [-0.2, 0) is 21.8 Å². The summed E-state index contributed by atoms with van der Waals surface area (Å²) < 4.78 is 64.8. The molecule has 0 bridgehead atoms. The highest BCUT2D eigenvalue weighted by molar-refractivity contribution is 7.90. The molecule has 0 saturated carbocycles. The van der Waals surface area contributed by atoms with E-state index >= 15 is 0 Å². The highest BCUT2D eigenvalue weighted by Crippen LogP contribution is 2.31. The third kappa shape index (κ3) is 8.40. The van der Waals surface area contributed by atoms with Crippen molar-refractivity contribution in [2.45, 2.75) is 50.9 Å². The predicted octanol–water partition coefficient (Wildman–Crippen LogP) is 4.78. The number of alkyl halides is 3. The first-order valence-electron chi connectivity index (χ1n) is 13.7. The van der Waals surface area contributed by atoms with Crippen LogP contribution in [0.25, 0.3) is 10.9 Å². The van der Waals surface area contributed by atoms with Crippen molar-refractivity contribution in [3.05, 3.63) is 54.0 Å². The summed E-state index contributed by atoms with van der Waals surface area (Å²) in [5.74, 6) is 5.96. The molecule has 1 aromatic carbocycles. The van der Waals surface area contributed by atoms with Gasteiger partial charge in [0.25, 0.3) is 0 Å². The maximum atomic E-state index is 13.6. The van der Waals surface area contributed by atoms with Crippen molar-refractivity contribution in [1.82, 2.24) is 14.5 Å². The number of halogens is 3. The van der Waals surface area contributed by atoms with Gasteiger partial charge >= 0.3 is 6.18 Å². The van der Waals surface area contributed by atoms with E-state index in [1.54, 1.807) is 50.4 Å². The molecule has 0 atom stereocenters. The number of sulfone groups is 1. The molecule has 8 nitrogen and oxygen atoms in total. The van der Waals surface area contributed by atoms with Gasteiger partial charge < -0.3 is 20.1 Å². The predicted molar refractivity (Wildman–Crippen MR) is 159 cm³/mol. The van der Waals surface area contributed by atoms with E-state index in [1.807, 2.05) is 6.07 Å². The Kier molecular flexibility index (Phi) is 9.39. The van der Waals surface area contributed by atoms with E-state index in [9.17, 15) is 26.9 Å². The molecule has 1 saturated heterocycles. The van der Waals surface area contributed by atoms with Gasteiger partial charge in [-0.15, -0.1) is 0 Å². The van der Waals surface area contributed by atoms with Crippen molar-refractivity contribution in [1.29, 1.82) is 5.26 Å². The Morgan fingerprint density at radius 2 is 1.88 bits per heavy atom. The van der Waals surface area contributed by atoms with Gasteiger partial charge in [-0.25, -0.2) is 8.42 Å². The number of likely N-dealkylation sites (tertiary alicyclic amines) is 1. The zero-order valence-corrected chi connectivity index (χ0v) is 24.7. The molecule has 1 fully saturated rings. The number of nitrogens with zero attached hydrogens (tertiary/aromatic N) is 4. The number of benzene rings is 1. The van der Waals surface area contributed by atoms with Crippen LogP contribution in [0.5, 0.6) is 0 Å². The highest BCUT2D eigenvalue weighted by atomic mass is 32.2. The second-order valence-corrected chi connectivity index (χ2v) is 13.4. The van der Waals surface area contributed by atoms with Crippen LogP contribution in [0.4, 0.5) is 24.5 Å². The number of aromatic nitrogens is 2. The van der Waals surface area contributed by atoms with Gasteiger partial charge in [0, 0.05) is 43.0 Å². The Morgan fingerprint density at radius 3 is 2.50 bits per heavy atom. The first-order chi connectivity index (χ1) is 19.7. The molecule has 0 unspecified atom stereocenters. The molecule has 1 aliphatic heterocycles. The number of hydrogen-bond acceptors (Lipinski definition) is 7. The first kappa shape index (κ1) is 31.2. The maximum absolute atomic E-state index is 13.6. The summed E-state index contributed by atoms with van der Waals surface area (Å²) in [6, 6.07) is 12.8. The molecule has 4 rings (SSSR count). The quantitative estimate of drug-likeness (QED) is 0.341. The molecule has 0 amide bonds. The van der Waals surface area contributed by atoms with Gasteiger partial charge in [-0.2, -0.15) is 18.4 Å². The monoisotopic (exact) mass is 600 g/mol. The van der Waals surface area contributed by atoms with E-state index in [-0.39, 0.29) is 24.0 Å². The van der Waals surface area contributed by atoms with Crippen LogP contribution in [0.3, 0.4) is 0 Å². The minimum Gasteiger partial charge on any atom is -0.382 e. The number of nitriles is 1. The topological polar surface area (TPSA) is 103 Å². The number of nitrogens with one attached hydrogen (secondary N) is 2. The molecule has 1 aliphatic rings. The van der Waals surface area contributed by atoms with Gasteiger partial charge in [0.1, 0.15) is 16.4 Å². The van der Waals surface area contributed by atoms with Crippen LogP contribution < -0.4 is 10.6 Å². The maximum Gasteiger partial charge on any atom is 0.406 e. The zero-order chi connectivity index (χ0) is 30.5. The molecule has 2 aromatic heterocycles. The molecule has 3 heterocycles. The SMILES string of the molecule is CC(C)(C#N)c1ccc(NCC#Cc2cc3c(NC4CCN(CCS(C)(=O)=O)CC4)cccc3n2CC(F)(F)F)cn1. The van der Waals surface area contributed by atoms with Crippen molar-refractivity contribution in [2.75, 3.05) is 48.8 Å². The fraction of sp³-hybridized carbons (Fsp3) is 0.467. The van der Waals surface area contributed by atoms with Crippen molar-refractivity contribution in [3.8, 4) is 17.9 Å². The Hall–Kier alpha value is -3.74. The Balaban J connectivity index is 1.48. The van der Waals surface area contributed by atoms with Gasteiger partial charge in [0.2, 0.25) is 0 Å². The molecule has 12 heteroatoms. The van der Waals surface area contributed by atoms with Gasteiger partial charge in [0.05, 0.1) is 52.6 Å². The third-order valence-electron chi connectivity index (χ3n) is 7.29. The standard InChI is InChI=1S/C30H35F3N6O2S/c1-29(2,20-34)28-10-9-23(19-36-28)35-13-5-6-24-18-25-26(7-4-8-27(25)39(24)21-30(31,32)33)37-22-11-14-38(15-12-22)16-17-42(3,40)41/h4,7-10,18-19,22,35,37H,11-17,21H2,1-3H3. The summed E-state index contributed by atoms with van der Waals surface area (Å²) in [6.07, 6.45) is 0.00664. The molecule has 42 heavy (non-hydrogen) atoms. The number of piperidine rings is 1. The van der Waals surface area contributed by atoms with Crippen LogP contribution in [-0.4, -0.2) is 73.3 Å². The Labute approximate surface area is 244 Å². The molecular formula is C30H35F3N6O2S. The lowest BCUT2D eigenvalue weighted by atomic mass is 9.91. The van der Waals surface area contributed by atoms with Crippen molar-refractivity contribution < 1.29 is 21.6 Å². The Morgan fingerprint density at radius 1 is 1.14 bits per heavy atom. The van der Waals surface area contributed by atoms with Crippen LogP contribution >= 0.6 is 0 Å². The largest absolute Gasteiger partial charge is 0.406 e. The lowest BCUT2D eigenvalue weighted by Gasteiger charge is -2.32. The second kappa shape index (κ2) is 12.6. The molecule has 0 aliphatic carbocycles. The molecule has 2 N–H and O–H groups in total. The lowest BCUT2D eigenvalue weighted by Crippen LogP contribution is -2.41. The van der Waals surface area contributed by atoms with Crippen LogP contribution in [0.1, 0.15) is 38.1 Å². The van der Waals surface area contributed by atoms with E-state index in [0.29, 0.717) is 28.8 Å². The van der Waals surface area contributed by atoms with E-state index in [4.69, 9.17) is 0 Å². The molecule has 0 spiro atoms. The highest BCUT2D eigenvalue weighted by Gasteiger charge is 2.30. The number of fused-ring (bicyclic) bond motifs is 1. The molecule has 224 valence electrons. The average molecular weight is 601 g/mol. The van der Waals surface area contributed by atoms with Crippen LogP contribution in [0.2, 0.25) is 0 Å². The van der Waals surface area contributed by atoms with Gasteiger partial charge in [-0.05, 0) is 62.9 Å². The summed E-state index contributed by atoms with van der Waals surface area (Å²) in [5.41, 5.74) is 2.07. The van der Waals surface area contributed by atoms with Crippen molar-refractivity contribution in [3.63, 3.8) is 0 Å². The van der Waals surface area contributed by atoms with Crippen LogP contribution in [0, 0.1) is 23.2 Å². The molecule has 0 radical (unpaired) electrons. The number of rotatable bonds is 9. The Bertz CT molecular complexity index is 1610. The molecule has 3 aromatic rings. The number of anilines is 2. The van der Waals surface area contributed by atoms with E-state index in [2.05, 4.69) is 38.4 Å². The average Bonchev–Trinajstić information content (AvgIpc) is 3.27.